The predicted octanol–water partition coefficient (Wildman–Crippen LogP) is 1.08. The van der Waals surface area contributed by atoms with Gasteiger partial charge in [0.2, 0.25) is 0 Å². The lowest BCUT2D eigenvalue weighted by Gasteiger charge is -2.43. The van der Waals surface area contributed by atoms with Crippen LogP contribution in [-0.4, -0.2) is 44.3 Å². The van der Waals surface area contributed by atoms with E-state index >= 15 is 0 Å². The zero-order valence-corrected chi connectivity index (χ0v) is 9.87. The fraction of sp³-hybridized carbons (Fsp3) is 1.00. The molecule has 0 amide bonds. The van der Waals surface area contributed by atoms with Crippen molar-refractivity contribution in [2.45, 2.75) is 26.2 Å². The standard InChI is InChI=1S/C12H24N2O/c1-2-12(9-15-10-12)8-14-6-4-11(7-14)3-5-13/h11H,2-10,13H2,1H3. The number of likely N-dealkylation sites (tertiary alicyclic amines) is 1. The first kappa shape index (κ1) is 11.4. The van der Waals surface area contributed by atoms with Crippen LogP contribution in [-0.2, 0) is 4.74 Å². The van der Waals surface area contributed by atoms with Crippen molar-refractivity contribution < 1.29 is 4.74 Å². The van der Waals surface area contributed by atoms with Gasteiger partial charge in [0.05, 0.1) is 13.2 Å². The van der Waals surface area contributed by atoms with Gasteiger partial charge in [-0.05, 0) is 38.3 Å². The zero-order valence-electron chi connectivity index (χ0n) is 9.87. The second-order valence-electron chi connectivity index (χ2n) is 5.31. The van der Waals surface area contributed by atoms with E-state index in [1.807, 2.05) is 0 Å². The van der Waals surface area contributed by atoms with Crippen molar-refractivity contribution in [2.24, 2.45) is 17.1 Å². The van der Waals surface area contributed by atoms with Gasteiger partial charge in [0.1, 0.15) is 0 Å². The van der Waals surface area contributed by atoms with Gasteiger partial charge in [-0.15, -0.1) is 0 Å². The van der Waals surface area contributed by atoms with E-state index < -0.39 is 0 Å². The van der Waals surface area contributed by atoms with E-state index in [1.54, 1.807) is 0 Å². The summed E-state index contributed by atoms with van der Waals surface area (Å²) in [6.45, 7) is 8.86. The molecule has 0 spiro atoms. The van der Waals surface area contributed by atoms with E-state index in [1.165, 1.54) is 38.9 Å². The minimum atomic E-state index is 0.484. The third kappa shape index (κ3) is 2.52. The van der Waals surface area contributed by atoms with Gasteiger partial charge in [-0.1, -0.05) is 6.92 Å². The Morgan fingerprint density at radius 1 is 1.47 bits per heavy atom. The van der Waals surface area contributed by atoms with E-state index in [4.69, 9.17) is 10.5 Å². The number of nitrogens with zero attached hydrogens (tertiary/aromatic N) is 1. The van der Waals surface area contributed by atoms with Crippen LogP contribution in [0.2, 0.25) is 0 Å². The largest absolute Gasteiger partial charge is 0.380 e. The van der Waals surface area contributed by atoms with Crippen LogP contribution in [0.5, 0.6) is 0 Å². The van der Waals surface area contributed by atoms with Gasteiger partial charge in [-0.3, -0.25) is 0 Å². The Kier molecular flexibility index (Phi) is 3.65. The number of hydrogen-bond acceptors (Lipinski definition) is 3. The molecule has 2 aliphatic rings. The molecule has 0 aliphatic carbocycles. The molecule has 1 unspecified atom stereocenters. The maximum Gasteiger partial charge on any atom is 0.0557 e. The summed E-state index contributed by atoms with van der Waals surface area (Å²) in [6, 6.07) is 0. The molecule has 15 heavy (non-hydrogen) atoms. The Hall–Kier alpha value is -0.120. The maximum absolute atomic E-state index is 5.61. The van der Waals surface area contributed by atoms with Crippen LogP contribution in [0, 0.1) is 11.3 Å². The molecule has 0 bridgehead atoms. The summed E-state index contributed by atoms with van der Waals surface area (Å²) in [5.74, 6) is 0.852. The number of hydrogen-bond donors (Lipinski definition) is 1. The Balaban J connectivity index is 1.76. The smallest absolute Gasteiger partial charge is 0.0557 e. The van der Waals surface area contributed by atoms with Crippen LogP contribution < -0.4 is 5.73 Å². The van der Waals surface area contributed by atoms with Gasteiger partial charge in [-0.25, -0.2) is 0 Å². The lowest BCUT2D eigenvalue weighted by molar-refractivity contribution is -0.126. The van der Waals surface area contributed by atoms with E-state index in [2.05, 4.69) is 11.8 Å². The fourth-order valence-corrected chi connectivity index (χ4v) is 2.80. The second-order valence-corrected chi connectivity index (χ2v) is 5.31. The highest BCUT2D eigenvalue weighted by molar-refractivity contribution is 4.89. The molecule has 0 radical (unpaired) electrons. The molecule has 0 aromatic heterocycles. The Morgan fingerprint density at radius 2 is 2.27 bits per heavy atom. The molecule has 2 N–H and O–H groups in total. The van der Waals surface area contributed by atoms with Gasteiger partial charge in [0.15, 0.2) is 0 Å². The van der Waals surface area contributed by atoms with E-state index in [-0.39, 0.29) is 0 Å². The summed E-state index contributed by atoms with van der Waals surface area (Å²) in [6.07, 6.45) is 3.80. The Bertz CT molecular complexity index is 198. The van der Waals surface area contributed by atoms with Gasteiger partial charge in [-0.2, -0.15) is 0 Å². The predicted molar refractivity (Wildman–Crippen MR) is 61.8 cm³/mol. The fourth-order valence-electron chi connectivity index (χ4n) is 2.80. The highest BCUT2D eigenvalue weighted by Crippen LogP contribution is 2.34. The lowest BCUT2D eigenvalue weighted by atomic mass is 9.82. The summed E-state index contributed by atoms with van der Waals surface area (Å²) < 4.78 is 5.37. The summed E-state index contributed by atoms with van der Waals surface area (Å²) in [7, 11) is 0. The lowest BCUT2D eigenvalue weighted by Crippen LogP contribution is -2.50. The van der Waals surface area contributed by atoms with Crippen molar-refractivity contribution in [3.8, 4) is 0 Å². The molecule has 2 saturated heterocycles. The first-order valence-electron chi connectivity index (χ1n) is 6.28. The molecule has 2 fully saturated rings. The quantitative estimate of drug-likeness (QED) is 0.741. The number of nitrogens with two attached hydrogens (primary N) is 1. The maximum atomic E-state index is 5.61. The molecule has 88 valence electrons. The SMILES string of the molecule is CCC1(CN2CCC(CCN)C2)COC1. The van der Waals surface area contributed by atoms with Gasteiger partial charge in [0.25, 0.3) is 0 Å². The van der Waals surface area contributed by atoms with Crippen molar-refractivity contribution in [1.29, 1.82) is 0 Å². The second kappa shape index (κ2) is 4.81. The summed E-state index contributed by atoms with van der Waals surface area (Å²) in [4.78, 5) is 2.62. The minimum Gasteiger partial charge on any atom is -0.380 e. The molecular formula is C12H24N2O. The monoisotopic (exact) mass is 212 g/mol. The average Bonchev–Trinajstić information content (AvgIpc) is 2.60. The highest BCUT2D eigenvalue weighted by atomic mass is 16.5. The topological polar surface area (TPSA) is 38.5 Å². The molecule has 0 saturated carbocycles. The van der Waals surface area contributed by atoms with Crippen molar-refractivity contribution in [3.05, 3.63) is 0 Å². The number of rotatable bonds is 5. The van der Waals surface area contributed by atoms with Crippen molar-refractivity contribution >= 4 is 0 Å². The van der Waals surface area contributed by atoms with Crippen molar-refractivity contribution in [1.82, 2.24) is 4.90 Å². The van der Waals surface area contributed by atoms with Crippen LogP contribution >= 0.6 is 0 Å². The van der Waals surface area contributed by atoms with Crippen LogP contribution in [0.25, 0.3) is 0 Å². The van der Waals surface area contributed by atoms with E-state index in [0.717, 1.165) is 25.7 Å². The Labute approximate surface area is 93.0 Å². The first-order chi connectivity index (χ1) is 7.28. The normalized spacial score (nSPS) is 30.4. The number of ether oxygens (including phenoxy) is 1. The molecule has 1 atom stereocenters. The first-order valence-corrected chi connectivity index (χ1v) is 6.28. The zero-order chi connectivity index (χ0) is 10.7. The molecule has 2 rings (SSSR count). The Morgan fingerprint density at radius 3 is 2.80 bits per heavy atom. The van der Waals surface area contributed by atoms with Crippen LogP contribution in [0.3, 0.4) is 0 Å². The van der Waals surface area contributed by atoms with Gasteiger partial charge in [0, 0.05) is 18.5 Å². The van der Waals surface area contributed by atoms with Gasteiger partial charge >= 0.3 is 0 Å². The summed E-state index contributed by atoms with van der Waals surface area (Å²) in [5.41, 5.74) is 6.09. The molecule has 2 aliphatic heterocycles. The van der Waals surface area contributed by atoms with Crippen LogP contribution in [0.1, 0.15) is 26.2 Å². The molecule has 0 aromatic rings. The third-order valence-corrected chi connectivity index (χ3v) is 4.07. The van der Waals surface area contributed by atoms with E-state index in [0.29, 0.717) is 5.41 Å². The highest BCUT2D eigenvalue weighted by Gasteiger charge is 2.39. The van der Waals surface area contributed by atoms with Crippen LogP contribution in [0.4, 0.5) is 0 Å². The summed E-state index contributed by atoms with van der Waals surface area (Å²) >= 11 is 0. The van der Waals surface area contributed by atoms with Crippen LogP contribution in [0.15, 0.2) is 0 Å². The van der Waals surface area contributed by atoms with Gasteiger partial charge < -0.3 is 15.4 Å². The van der Waals surface area contributed by atoms with Crippen molar-refractivity contribution in [3.63, 3.8) is 0 Å². The van der Waals surface area contributed by atoms with E-state index in [9.17, 15) is 0 Å². The third-order valence-electron chi connectivity index (χ3n) is 4.07. The minimum absolute atomic E-state index is 0.484. The summed E-state index contributed by atoms with van der Waals surface area (Å²) in [5, 5.41) is 0. The average molecular weight is 212 g/mol. The molecular weight excluding hydrogens is 188 g/mol. The molecule has 3 heteroatoms. The molecule has 2 heterocycles. The van der Waals surface area contributed by atoms with Crippen molar-refractivity contribution in [2.75, 3.05) is 39.4 Å². The molecule has 3 nitrogen and oxygen atoms in total. The molecule has 0 aromatic carbocycles.